The maximum atomic E-state index is 11.3. The van der Waals surface area contributed by atoms with Crippen LogP contribution in [0.4, 0.5) is 0 Å². The van der Waals surface area contributed by atoms with E-state index in [9.17, 15) is 4.79 Å². The molecule has 0 aliphatic carbocycles. The molecule has 0 rings (SSSR count). The summed E-state index contributed by atoms with van der Waals surface area (Å²) in [7, 11) is 0. The van der Waals surface area contributed by atoms with Gasteiger partial charge < -0.3 is 4.74 Å². The van der Waals surface area contributed by atoms with Gasteiger partial charge in [0, 0.05) is 0 Å². The Kier molecular flexibility index (Phi) is 9.93. The largest absolute Gasteiger partial charge is 0.383 e. The van der Waals surface area contributed by atoms with E-state index in [0.717, 1.165) is 12.8 Å². The minimum absolute atomic E-state index is 0.0437. The van der Waals surface area contributed by atoms with Crippen molar-refractivity contribution >= 4 is 5.97 Å². The normalized spacial score (nSPS) is 12.9. The SMILES string of the molecule is CCC=C(C#N)C(=O)OOCCOC(C)CCC. The van der Waals surface area contributed by atoms with Crippen LogP contribution < -0.4 is 0 Å². The molecule has 0 aromatic carbocycles. The van der Waals surface area contributed by atoms with Crippen molar-refractivity contribution in [3.63, 3.8) is 0 Å². The van der Waals surface area contributed by atoms with E-state index in [1.54, 1.807) is 6.07 Å². The molecule has 1 atom stereocenters. The van der Waals surface area contributed by atoms with Gasteiger partial charge in [-0.1, -0.05) is 26.3 Å². The van der Waals surface area contributed by atoms with E-state index in [2.05, 4.69) is 16.7 Å². The van der Waals surface area contributed by atoms with Crippen LogP contribution in [-0.2, 0) is 19.3 Å². The number of allylic oxidation sites excluding steroid dienone is 1. The summed E-state index contributed by atoms with van der Waals surface area (Å²) in [6.07, 6.45) is 4.30. The van der Waals surface area contributed by atoms with Crippen molar-refractivity contribution in [2.24, 2.45) is 0 Å². The van der Waals surface area contributed by atoms with Crippen molar-refractivity contribution in [1.29, 1.82) is 5.26 Å². The summed E-state index contributed by atoms with van der Waals surface area (Å²) in [5.74, 6) is -0.763. The van der Waals surface area contributed by atoms with Crippen molar-refractivity contribution in [3.05, 3.63) is 11.6 Å². The quantitative estimate of drug-likeness (QED) is 0.208. The second kappa shape index (κ2) is 10.8. The number of rotatable bonds is 9. The number of carbonyl (C=O) groups is 1. The lowest BCUT2D eigenvalue weighted by molar-refractivity contribution is -0.273. The zero-order valence-corrected chi connectivity index (χ0v) is 11.3. The molecule has 0 saturated heterocycles. The molecule has 0 saturated carbocycles. The summed E-state index contributed by atoms with van der Waals surface area (Å²) in [6, 6.07) is 1.75. The van der Waals surface area contributed by atoms with Gasteiger partial charge in [-0.25, -0.2) is 4.79 Å². The van der Waals surface area contributed by atoms with Gasteiger partial charge in [0.2, 0.25) is 0 Å². The second-order valence-electron chi connectivity index (χ2n) is 3.80. The van der Waals surface area contributed by atoms with Crippen LogP contribution in [0.1, 0.15) is 40.0 Å². The predicted octanol–water partition coefficient (Wildman–Crippen LogP) is 2.53. The van der Waals surface area contributed by atoms with E-state index in [0.29, 0.717) is 13.0 Å². The first kappa shape index (κ1) is 16.6. The number of carbonyl (C=O) groups excluding carboxylic acids is 1. The van der Waals surface area contributed by atoms with Gasteiger partial charge in [-0.2, -0.15) is 10.1 Å². The van der Waals surface area contributed by atoms with Gasteiger partial charge in [0.05, 0.1) is 12.7 Å². The van der Waals surface area contributed by atoms with Crippen molar-refractivity contribution in [2.75, 3.05) is 13.2 Å². The van der Waals surface area contributed by atoms with Gasteiger partial charge in [-0.3, -0.25) is 4.89 Å². The lowest BCUT2D eigenvalue weighted by Crippen LogP contribution is -2.15. The lowest BCUT2D eigenvalue weighted by Gasteiger charge is -2.11. The Hall–Kier alpha value is -1.38. The fourth-order valence-electron chi connectivity index (χ4n) is 1.29. The van der Waals surface area contributed by atoms with E-state index in [4.69, 9.17) is 10.00 Å². The molecule has 5 nitrogen and oxygen atoms in total. The second-order valence-corrected chi connectivity index (χ2v) is 3.80. The van der Waals surface area contributed by atoms with Crippen LogP contribution in [0.15, 0.2) is 11.6 Å². The van der Waals surface area contributed by atoms with Crippen molar-refractivity contribution in [1.82, 2.24) is 0 Å². The fourth-order valence-corrected chi connectivity index (χ4v) is 1.29. The molecular formula is C13H21NO4. The Morgan fingerprint density at radius 1 is 1.39 bits per heavy atom. The number of nitriles is 1. The highest BCUT2D eigenvalue weighted by atomic mass is 17.2. The molecule has 0 aliphatic heterocycles. The average molecular weight is 255 g/mol. The highest BCUT2D eigenvalue weighted by molar-refractivity contribution is 5.92. The Balaban J connectivity index is 3.70. The van der Waals surface area contributed by atoms with Gasteiger partial charge in [-0.05, 0) is 19.8 Å². The minimum Gasteiger partial charge on any atom is -0.376 e. The van der Waals surface area contributed by atoms with Crippen LogP contribution >= 0.6 is 0 Å². The summed E-state index contributed by atoms with van der Waals surface area (Å²) in [5, 5.41) is 8.66. The van der Waals surface area contributed by atoms with Gasteiger partial charge in [0.25, 0.3) is 0 Å². The van der Waals surface area contributed by atoms with E-state index in [-0.39, 0.29) is 18.3 Å². The minimum atomic E-state index is -0.763. The van der Waals surface area contributed by atoms with Crippen LogP contribution in [0.5, 0.6) is 0 Å². The molecule has 0 aliphatic rings. The average Bonchev–Trinajstić information content (AvgIpc) is 2.35. The Morgan fingerprint density at radius 3 is 2.67 bits per heavy atom. The summed E-state index contributed by atoms with van der Waals surface area (Å²) in [5.41, 5.74) is -0.0437. The van der Waals surface area contributed by atoms with E-state index in [1.165, 1.54) is 6.08 Å². The van der Waals surface area contributed by atoms with Crippen LogP contribution in [0.2, 0.25) is 0 Å². The maximum absolute atomic E-state index is 11.3. The first-order valence-corrected chi connectivity index (χ1v) is 6.21. The van der Waals surface area contributed by atoms with Crippen LogP contribution in [0, 0.1) is 11.3 Å². The molecule has 102 valence electrons. The number of hydrogen-bond acceptors (Lipinski definition) is 5. The summed E-state index contributed by atoms with van der Waals surface area (Å²) in [4.78, 5) is 20.5. The molecule has 0 fully saturated rings. The smallest absolute Gasteiger partial charge is 0.376 e. The third-order valence-corrected chi connectivity index (χ3v) is 2.15. The lowest BCUT2D eigenvalue weighted by atomic mass is 10.2. The topological polar surface area (TPSA) is 68.6 Å². The van der Waals surface area contributed by atoms with Gasteiger partial charge >= 0.3 is 5.97 Å². The van der Waals surface area contributed by atoms with Gasteiger partial charge in [0.15, 0.2) is 0 Å². The zero-order valence-electron chi connectivity index (χ0n) is 11.3. The molecule has 0 spiro atoms. The first-order chi connectivity index (χ1) is 8.65. The molecule has 0 aromatic rings. The molecule has 0 N–H and O–H groups in total. The van der Waals surface area contributed by atoms with Crippen LogP contribution in [0.3, 0.4) is 0 Å². The fraction of sp³-hybridized carbons (Fsp3) is 0.692. The number of ether oxygens (including phenoxy) is 1. The molecule has 0 amide bonds. The van der Waals surface area contributed by atoms with Crippen molar-refractivity contribution < 1.29 is 19.3 Å². The first-order valence-electron chi connectivity index (χ1n) is 6.21. The standard InChI is InChI=1S/C13H21NO4/c1-4-6-11(3)16-8-9-17-18-13(15)12(10-14)7-5-2/h7,11H,4-6,8-9H2,1-3H3. The molecule has 1 unspecified atom stereocenters. The van der Waals surface area contributed by atoms with Gasteiger partial charge in [0.1, 0.15) is 18.2 Å². The van der Waals surface area contributed by atoms with Crippen LogP contribution in [0.25, 0.3) is 0 Å². The van der Waals surface area contributed by atoms with Crippen molar-refractivity contribution in [3.8, 4) is 6.07 Å². The molecule has 5 heteroatoms. The van der Waals surface area contributed by atoms with E-state index >= 15 is 0 Å². The Bertz CT molecular complexity index is 307. The third-order valence-electron chi connectivity index (χ3n) is 2.15. The summed E-state index contributed by atoms with van der Waals surface area (Å²) < 4.78 is 5.40. The van der Waals surface area contributed by atoms with E-state index < -0.39 is 5.97 Å². The Labute approximate surface area is 108 Å². The van der Waals surface area contributed by atoms with E-state index in [1.807, 2.05) is 13.8 Å². The molecule has 18 heavy (non-hydrogen) atoms. The predicted molar refractivity (Wildman–Crippen MR) is 66.4 cm³/mol. The molecule has 0 aromatic heterocycles. The highest BCUT2D eigenvalue weighted by Gasteiger charge is 2.10. The Morgan fingerprint density at radius 2 is 2.11 bits per heavy atom. The highest BCUT2D eigenvalue weighted by Crippen LogP contribution is 2.01. The molecule has 0 radical (unpaired) electrons. The van der Waals surface area contributed by atoms with Crippen molar-refractivity contribution in [2.45, 2.75) is 46.1 Å². The zero-order chi connectivity index (χ0) is 13.8. The summed E-state index contributed by atoms with van der Waals surface area (Å²) >= 11 is 0. The maximum Gasteiger partial charge on any atom is 0.383 e. The van der Waals surface area contributed by atoms with Gasteiger partial charge in [-0.15, -0.1) is 0 Å². The number of hydrogen-bond donors (Lipinski definition) is 0. The summed E-state index contributed by atoms with van der Waals surface area (Å²) in [6.45, 7) is 6.40. The molecule has 0 heterocycles. The molecular weight excluding hydrogens is 234 g/mol. The third kappa shape index (κ3) is 7.82. The monoisotopic (exact) mass is 255 g/mol. The number of nitrogens with zero attached hydrogens (tertiary/aromatic N) is 1. The van der Waals surface area contributed by atoms with Crippen LogP contribution in [-0.4, -0.2) is 25.3 Å². The molecule has 0 bridgehead atoms.